The van der Waals surface area contributed by atoms with Gasteiger partial charge < -0.3 is 9.47 Å². The molecule has 0 saturated heterocycles. The topological polar surface area (TPSA) is 65.0 Å². The molecule has 0 aromatic heterocycles. The summed E-state index contributed by atoms with van der Waals surface area (Å²) in [5.41, 5.74) is 2.18. The third-order valence-corrected chi connectivity index (χ3v) is 6.56. The fraction of sp³-hybridized carbons (Fsp3) is 0.222. The predicted molar refractivity (Wildman–Crippen MR) is 130 cm³/mol. The highest BCUT2D eigenvalue weighted by atomic mass is 79.9. The first-order valence-electron chi connectivity index (χ1n) is 10.7. The Bertz CT molecular complexity index is 1130. The van der Waals surface area contributed by atoms with Crippen molar-refractivity contribution in [3.8, 4) is 0 Å². The lowest BCUT2D eigenvalue weighted by atomic mass is 9.79. The predicted octanol–water partition coefficient (Wildman–Crippen LogP) is 5.10. The molecule has 0 amide bonds. The van der Waals surface area contributed by atoms with E-state index in [1.807, 2.05) is 78.9 Å². The van der Waals surface area contributed by atoms with Gasteiger partial charge in [-0.3, -0.25) is 4.99 Å². The van der Waals surface area contributed by atoms with Gasteiger partial charge in [-0.25, -0.2) is 9.59 Å². The van der Waals surface area contributed by atoms with E-state index in [1.54, 1.807) is 0 Å². The van der Waals surface area contributed by atoms with E-state index in [-0.39, 0.29) is 0 Å². The van der Waals surface area contributed by atoms with Gasteiger partial charge in [0.15, 0.2) is 0 Å². The number of aliphatic imine (C=N–C) groups is 1. The molecule has 0 bridgehead atoms. The third-order valence-electron chi connectivity index (χ3n) is 6.07. The molecule has 0 spiro atoms. The van der Waals surface area contributed by atoms with Crippen molar-refractivity contribution in [3.05, 3.63) is 106 Å². The van der Waals surface area contributed by atoms with E-state index in [4.69, 9.17) is 14.5 Å². The average molecular weight is 506 g/mol. The van der Waals surface area contributed by atoms with Gasteiger partial charge in [0.05, 0.1) is 19.9 Å². The fourth-order valence-electron chi connectivity index (χ4n) is 4.52. The van der Waals surface area contributed by atoms with Crippen molar-refractivity contribution in [2.24, 2.45) is 4.99 Å². The second-order valence-corrected chi connectivity index (χ2v) is 8.79. The number of methoxy groups -OCH3 is 2. The van der Waals surface area contributed by atoms with Crippen molar-refractivity contribution in [1.82, 2.24) is 0 Å². The van der Waals surface area contributed by atoms with Crippen molar-refractivity contribution < 1.29 is 19.1 Å². The van der Waals surface area contributed by atoms with Crippen LogP contribution in [0.1, 0.15) is 34.6 Å². The third kappa shape index (κ3) is 4.23. The highest BCUT2D eigenvalue weighted by Gasteiger charge is 2.57. The molecule has 0 aliphatic heterocycles. The Morgan fingerprint density at radius 1 is 0.879 bits per heavy atom. The normalized spacial score (nSPS) is 14.8. The van der Waals surface area contributed by atoms with E-state index < -0.39 is 23.4 Å². The number of rotatable bonds is 6. The van der Waals surface area contributed by atoms with Crippen LogP contribution >= 0.6 is 15.9 Å². The zero-order chi connectivity index (χ0) is 23.4. The maximum atomic E-state index is 13.5. The number of nitrogens with zero attached hydrogens (tertiary/aromatic N) is 1. The molecule has 0 saturated carbocycles. The van der Waals surface area contributed by atoms with Crippen LogP contribution in [0.5, 0.6) is 0 Å². The maximum absolute atomic E-state index is 13.5. The SMILES string of the molecule is COC(=O)C(N=C(c1ccccc1)c1ccccc1)(C(=O)OC)[C@H]1CCc2ccc(Br)cc21. The molecule has 6 heteroatoms. The zero-order valence-corrected chi connectivity index (χ0v) is 20.0. The average Bonchev–Trinajstić information content (AvgIpc) is 3.28. The summed E-state index contributed by atoms with van der Waals surface area (Å²) < 4.78 is 11.3. The van der Waals surface area contributed by atoms with Gasteiger partial charge >= 0.3 is 11.9 Å². The van der Waals surface area contributed by atoms with Crippen LogP contribution < -0.4 is 0 Å². The molecular formula is C27H24BrNO4. The molecule has 0 heterocycles. The summed E-state index contributed by atoms with van der Waals surface area (Å²) in [6.45, 7) is 0. The first-order valence-corrected chi connectivity index (χ1v) is 11.5. The van der Waals surface area contributed by atoms with Crippen molar-refractivity contribution in [2.45, 2.75) is 24.3 Å². The number of carbonyl (C=O) groups excluding carboxylic acids is 2. The number of esters is 2. The monoisotopic (exact) mass is 505 g/mol. The van der Waals surface area contributed by atoms with E-state index in [2.05, 4.69) is 15.9 Å². The van der Waals surface area contributed by atoms with E-state index in [0.717, 1.165) is 33.1 Å². The Balaban J connectivity index is 2.03. The van der Waals surface area contributed by atoms with Crippen LogP contribution in [-0.4, -0.2) is 37.4 Å². The van der Waals surface area contributed by atoms with E-state index in [0.29, 0.717) is 12.1 Å². The molecule has 0 fully saturated rings. The summed E-state index contributed by atoms with van der Waals surface area (Å²) >= 11 is 3.52. The molecule has 1 aliphatic carbocycles. The standard InChI is InChI=1S/C27H24BrNO4/c1-32-25(30)27(26(31)33-2,23-16-14-18-13-15-21(28)17-22(18)23)29-24(19-9-5-3-6-10-19)20-11-7-4-8-12-20/h3-13,15,17,23H,14,16H2,1-2H3/t23-/m0/s1. The van der Waals surface area contributed by atoms with Gasteiger partial charge in [0.2, 0.25) is 0 Å². The van der Waals surface area contributed by atoms with Gasteiger partial charge in [0, 0.05) is 21.5 Å². The Hall–Kier alpha value is -3.25. The number of benzene rings is 3. The summed E-state index contributed by atoms with van der Waals surface area (Å²) in [6, 6.07) is 25.0. The number of hydrogen-bond donors (Lipinski definition) is 0. The summed E-state index contributed by atoms with van der Waals surface area (Å²) in [6.07, 6.45) is 1.29. The summed E-state index contributed by atoms with van der Waals surface area (Å²) in [5.74, 6) is -2.01. The van der Waals surface area contributed by atoms with Crippen molar-refractivity contribution in [3.63, 3.8) is 0 Å². The molecule has 3 aromatic rings. The van der Waals surface area contributed by atoms with Crippen LogP contribution in [0.25, 0.3) is 0 Å². The zero-order valence-electron chi connectivity index (χ0n) is 18.5. The highest BCUT2D eigenvalue weighted by molar-refractivity contribution is 9.10. The van der Waals surface area contributed by atoms with Gasteiger partial charge in [0.25, 0.3) is 5.54 Å². The molecule has 3 aromatic carbocycles. The van der Waals surface area contributed by atoms with Crippen LogP contribution in [-0.2, 0) is 25.5 Å². The molecule has 0 unspecified atom stereocenters. The first kappa shape index (κ1) is 22.9. The van der Waals surface area contributed by atoms with Gasteiger partial charge in [-0.1, -0.05) is 82.7 Å². The van der Waals surface area contributed by atoms with Crippen LogP contribution in [0.3, 0.4) is 0 Å². The Labute approximate surface area is 201 Å². The number of ether oxygens (including phenoxy) is 2. The summed E-state index contributed by atoms with van der Waals surface area (Å²) in [4.78, 5) is 31.9. The van der Waals surface area contributed by atoms with Crippen molar-refractivity contribution in [1.29, 1.82) is 0 Å². The summed E-state index contributed by atoms with van der Waals surface area (Å²) in [7, 11) is 2.55. The minimum absolute atomic E-state index is 0.524. The number of aryl methyl sites for hydroxylation is 1. The van der Waals surface area contributed by atoms with Crippen LogP contribution in [0.15, 0.2) is 88.3 Å². The van der Waals surface area contributed by atoms with Crippen LogP contribution in [0.2, 0.25) is 0 Å². The van der Waals surface area contributed by atoms with Gasteiger partial charge in [0.1, 0.15) is 0 Å². The van der Waals surface area contributed by atoms with E-state index in [1.165, 1.54) is 14.2 Å². The Kier molecular flexibility index (Phi) is 6.75. The van der Waals surface area contributed by atoms with Crippen LogP contribution in [0.4, 0.5) is 0 Å². The molecule has 1 atom stereocenters. The first-order chi connectivity index (χ1) is 16.0. The largest absolute Gasteiger partial charge is 0.467 e. The van der Waals surface area contributed by atoms with Gasteiger partial charge in [-0.2, -0.15) is 0 Å². The molecule has 33 heavy (non-hydrogen) atoms. The van der Waals surface area contributed by atoms with Gasteiger partial charge in [-0.15, -0.1) is 0 Å². The van der Waals surface area contributed by atoms with Crippen molar-refractivity contribution in [2.75, 3.05) is 14.2 Å². The molecular weight excluding hydrogens is 482 g/mol. The number of fused-ring (bicyclic) bond motifs is 1. The minimum Gasteiger partial charge on any atom is -0.467 e. The van der Waals surface area contributed by atoms with E-state index in [9.17, 15) is 9.59 Å². The molecule has 0 radical (unpaired) electrons. The Morgan fingerprint density at radius 3 is 1.94 bits per heavy atom. The lowest BCUT2D eigenvalue weighted by Crippen LogP contribution is -2.51. The Morgan fingerprint density at radius 2 is 1.42 bits per heavy atom. The minimum atomic E-state index is -1.89. The maximum Gasteiger partial charge on any atom is 0.346 e. The van der Waals surface area contributed by atoms with Gasteiger partial charge in [-0.05, 0) is 36.1 Å². The number of carbonyl (C=O) groups is 2. The lowest BCUT2D eigenvalue weighted by Gasteiger charge is -2.32. The second kappa shape index (κ2) is 9.71. The molecule has 4 rings (SSSR count). The quantitative estimate of drug-likeness (QED) is 0.265. The number of hydrogen-bond acceptors (Lipinski definition) is 5. The summed E-state index contributed by atoms with van der Waals surface area (Å²) in [5, 5.41) is 0. The fourth-order valence-corrected chi connectivity index (χ4v) is 4.90. The lowest BCUT2D eigenvalue weighted by molar-refractivity contribution is -0.162. The van der Waals surface area contributed by atoms with E-state index >= 15 is 0 Å². The van der Waals surface area contributed by atoms with Crippen LogP contribution in [0, 0.1) is 0 Å². The second-order valence-electron chi connectivity index (χ2n) is 7.88. The molecule has 168 valence electrons. The smallest absolute Gasteiger partial charge is 0.346 e. The number of halogens is 1. The molecule has 5 nitrogen and oxygen atoms in total. The molecule has 1 aliphatic rings. The van der Waals surface area contributed by atoms with Crippen molar-refractivity contribution >= 4 is 33.6 Å². The molecule has 0 N–H and O–H groups in total. The highest BCUT2D eigenvalue weighted by Crippen LogP contribution is 2.45.